The van der Waals surface area contributed by atoms with Crippen molar-refractivity contribution in [2.75, 3.05) is 13.1 Å². The summed E-state index contributed by atoms with van der Waals surface area (Å²) in [5.74, 6) is -1.27. The van der Waals surface area contributed by atoms with Gasteiger partial charge >= 0.3 is 5.97 Å². The molecule has 26 heavy (non-hydrogen) atoms. The van der Waals surface area contributed by atoms with Crippen molar-refractivity contribution in [2.45, 2.75) is 50.0 Å². The third kappa shape index (κ3) is 3.76. The molecule has 1 unspecified atom stereocenters. The van der Waals surface area contributed by atoms with Crippen LogP contribution in [0.25, 0.3) is 0 Å². The van der Waals surface area contributed by atoms with Gasteiger partial charge in [-0.2, -0.15) is 0 Å². The summed E-state index contributed by atoms with van der Waals surface area (Å²) in [5, 5.41) is 9.30. The van der Waals surface area contributed by atoms with Gasteiger partial charge in [-0.3, -0.25) is 9.59 Å². The molecule has 1 amide bonds. The van der Waals surface area contributed by atoms with E-state index in [9.17, 15) is 23.1 Å². The zero-order valence-electron chi connectivity index (χ0n) is 14.8. The molecule has 1 aromatic rings. The van der Waals surface area contributed by atoms with Crippen LogP contribution in [0.3, 0.4) is 0 Å². The minimum Gasteiger partial charge on any atom is -0.481 e. The maximum absolute atomic E-state index is 12.7. The van der Waals surface area contributed by atoms with Crippen molar-refractivity contribution >= 4 is 21.9 Å². The molecule has 142 valence electrons. The van der Waals surface area contributed by atoms with E-state index in [1.165, 1.54) is 17.0 Å². The fraction of sp³-hybridized carbons (Fsp3) is 0.556. The first-order chi connectivity index (χ1) is 12.2. The number of carbonyl (C=O) groups excluding carboxylic acids is 1. The van der Waals surface area contributed by atoms with E-state index in [-0.39, 0.29) is 29.0 Å². The van der Waals surface area contributed by atoms with Crippen LogP contribution in [-0.4, -0.2) is 49.4 Å². The summed E-state index contributed by atoms with van der Waals surface area (Å²) in [7, 11) is -3.67. The smallest absolute Gasteiger partial charge is 0.311 e. The number of carbonyl (C=O) groups is 2. The number of amides is 1. The van der Waals surface area contributed by atoms with E-state index in [1.54, 1.807) is 19.1 Å². The van der Waals surface area contributed by atoms with Gasteiger partial charge in [-0.25, -0.2) is 13.1 Å². The number of hydrogen-bond acceptors (Lipinski definition) is 4. The van der Waals surface area contributed by atoms with Gasteiger partial charge in [-0.15, -0.1) is 0 Å². The Labute approximate surface area is 153 Å². The number of likely N-dealkylation sites (tertiary alicyclic amines) is 1. The highest BCUT2D eigenvalue weighted by atomic mass is 32.2. The molecule has 0 spiro atoms. The molecule has 1 aromatic carbocycles. The van der Waals surface area contributed by atoms with Crippen molar-refractivity contribution in [3.05, 3.63) is 29.8 Å². The van der Waals surface area contributed by atoms with E-state index >= 15 is 0 Å². The second-order valence-corrected chi connectivity index (χ2v) is 9.19. The lowest BCUT2D eigenvalue weighted by Crippen LogP contribution is -2.35. The highest BCUT2D eigenvalue weighted by molar-refractivity contribution is 7.89. The molecule has 3 rings (SSSR count). The summed E-state index contributed by atoms with van der Waals surface area (Å²) >= 11 is 0. The maximum Gasteiger partial charge on any atom is 0.311 e. The molecule has 1 aliphatic heterocycles. The zero-order valence-corrected chi connectivity index (χ0v) is 15.6. The summed E-state index contributed by atoms with van der Waals surface area (Å²) < 4.78 is 27.8. The van der Waals surface area contributed by atoms with E-state index < -0.39 is 21.4 Å². The van der Waals surface area contributed by atoms with Crippen LogP contribution >= 0.6 is 0 Å². The van der Waals surface area contributed by atoms with Gasteiger partial charge in [0.15, 0.2) is 0 Å². The van der Waals surface area contributed by atoms with Crippen molar-refractivity contribution < 1.29 is 23.1 Å². The van der Waals surface area contributed by atoms with Crippen molar-refractivity contribution in [3.8, 4) is 0 Å². The molecule has 0 aromatic heterocycles. The van der Waals surface area contributed by atoms with E-state index in [1.807, 2.05) is 0 Å². The van der Waals surface area contributed by atoms with Gasteiger partial charge in [0, 0.05) is 24.7 Å². The van der Waals surface area contributed by atoms with Crippen molar-refractivity contribution in [1.29, 1.82) is 0 Å². The fourth-order valence-corrected chi connectivity index (χ4v) is 4.97. The largest absolute Gasteiger partial charge is 0.481 e. The molecule has 1 heterocycles. The van der Waals surface area contributed by atoms with E-state index in [0.29, 0.717) is 13.0 Å². The first-order valence-corrected chi connectivity index (χ1v) is 10.3. The molecule has 7 nitrogen and oxygen atoms in total. The minimum atomic E-state index is -3.67. The quantitative estimate of drug-likeness (QED) is 0.811. The molecule has 1 saturated heterocycles. The van der Waals surface area contributed by atoms with Gasteiger partial charge < -0.3 is 10.0 Å². The predicted molar refractivity (Wildman–Crippen MR) is 95.3 cm³/mol. The second kappa shape index (κ2) is 7.00. The Bertz CT molecular complexity index is 817. The molecular formula is C18H24N2O5S. The molecule has 1 aliphatic carbocycles. The third-order valence-electron chi connectivity index (χ3n) is 5.35. The predicted octanol–water partition coefficient (Wildman–Crippen LogP) is 1.84. The van der Waals surface area contributed by atoms with Crippen LogP contribution < -0.4 is 4.72 Å². The second-order valence-electron chi connectivity index (χ2n) is 7.47. The Morgan fingerprint density at radius 3 is 2.58 bits per heavy atom. The Kier molecular flexibility index (Phi) is 5.07. The number of aliphatic carboxylic acids is 1. The minimum absolute atomic E-state index is 0.0470. The molecule has 2 aliphatic rings. The molecule has 2 fully saturated rings. The lowest BCUT2D eigenvalue weighted by molar-refractivity contribution is -0.147. The Morgan fingerprint density at radius 2 is 1.96 bits per heavy atom. The van der Waals surface area contributed by atoms with Gasteiger partial charge in [0.2, 0.25) is 10.0 Å². The molecule has 0 bridgehead atoms. The maximum atomic E-state index is 12.7. The topological polar surface area (TPSA) is 104 Å². The molecule has 2 N–H and O–H groups in total. The van der Waals surface area contributed by atoms with E-state index in [0.717, 1.165) is 25.7 Å². The van der Waals surface area contributed by atoms with E-state index in [2.05, 4.69) is 4.72 Å². The van der Waals surface area contributed by atoms with Crippen LogP contribution in [0.2, 0.25) is 0 Å². The van der Waals surface area contributed by atoms with Gasteiger partial charge in [-0.05, 0) is 44.4 Å². The summed E-state index contributed by atoms with van der Waals surface area (Å²) in [6.45, 7) is 2.09. The lowest BCUT2D eigenvalue weighted by Gasteiger charge is -2.20. The standard InChI is InChI=1S/C18H24N2O5S/c1-18(17(22)23)9-10-20(12-18)16(21)13-5-4-8-15(11-13)26(24,25)19-14-6-2-3-7-14/h4-5,8,11,14,19H,2-3,6-7,9-10,12H2,1H3,(H,22,23). The summed E-state index contributed by atoms with van der Waals surface area (Å²) in [6.07, 6.45) is 4.08. The van der Waals surface area contributed by atoms with Gasteiger partial charge in [-0.1, -0.05) is 18.9 Å². The van der Waals surface area contributed by atoms with Crippen molar-refractivity contribution in [2.24, 2.45) is 5.41 Å². The first-order valence-electron chi connectivity index (χ1n) is 8.86. The highest BCUT2D eigenvalue weighted by Crippen LogP contribution is 2.31. The zero-order chi connectivity index (χ0) is 18.9. The highest BCUT2D eigenvalue weighted by Gasteiger charge is 2.42. The number of nitrogens with one attached hydrogen (secondary N) is 1. The van der Waals surface area contributed by atoms with Crippen LogP contribution in [0.1, 0.15) is 49.4 Å². The number of carboxylic acid groups (broad SMARTS) is 1. The van der Waals surface area contributed by atoms with Crippen molar-refractivity contribution in [1.82, 2.24) is 9.62 Å². The number of benzene rings is 1. The normalized spacial score (nSPS) is 24.1. The van der Waals surface area contributed by atoms with Crippen LogP contribution in [0.4, 0.5) is 0 Å². The fourth-order valence-electron chi connectivity index (χ4n) is 3.62. The average Bonchev–Trinajstić information content (AvgIpc) is 3.24. The van der Waals surface area contributed by atoms with Gasteiger partial charge in [0.05, 0.1) is 10.3 Å². The molecule has 1 atom stereocenters. The Morgan fingerprint density at radius 1 is 1.27 bits per heavy atom. The molecular weight excluding hydrogens is 356 g/mol. The van der Waals surface area contributed by atoms with Crippen LogP contribution in [0.15, 0.2) is 29.2 Å². The Balaban J connectivity index is 1.77. The molecule has 8 heteroatoms. The lowest BCUT2D eigenvalue weighted by atomic mass is 9.90. The monoisotopic (exact) mass is 380 g/mol. The summed E-state index contributed by atoms with van der Waals surface area (Å²) in [5.41, 5.74) is -0.697. The number of carboxylic acids is 1. The van der Waals surface area contributed by atoms with Crippen molar-refractivity contribution in [3.63, 3.8) is 0 Å². The van der Waals surface area contributed by atoms with E-state index in [4.69, 9.17) is 0 Å². The number of rotatable bonds is 5. The van der Waals surface area contributed by atoms with Crippen LogP contribution in [-0.2, 0) is 14.8 Å². The van der Waals surface area contributed by atoms with Crippen LogP contribution in [0, 0.1) is 5.41 Å². The summed E-state index contributed by atoms with van der Waals surface area (Å²) in [4.78, 5) is 25.6. The van der Waals surface area contributed by atoms with Gasteiger partial charge in [0.1, 0.15) is 0 Å². The number of sulfonamides is 1. The molecule has 1 saturated carbocycles. The first kappa shape index (κ1) is 18.8. The number of hydrogen-bond donors (Lipinski definition) is 2. The SMILES string of the molecule is CC1(C(=O)O)CCN(C(=O)c2cccc(S(=O)(=O)NC3CCCC3)c2)C1. The Hall–Kier alpha value is -1.93. The summed E-state index contributed by atoms with van der Waals surface area (Å²) in [6, 6.07) is 5.90. The third-order valence-corrected chi connectivity index (χ3v) is 6.86. The van der Waals surface area contributed by atoms with Crippen LogP contribution in [0.5, 0.6) is 0 Å². The van der Waals surface area contributed by atoms with Gasteiger partial charge in [0.25, 0.3) is 5.91 Å². The number of nitrogens with zero attached hydrogens (tertiary/aromatic N) is 1. The molecule has 0 radical (unpaired) electrons. The average molecular weight is 380 g/mol.